The van der Waals surface area contributed by atoms with Crippen molar-refractivity contribution in [2.45, 2.75) is 63.5 Å². The summed E-state index contributed by atoms with van der Waals surface area (Å²) >= 11 is 24.7. The summed E-state index contributed by atoms with van der Waals surface area (Å²) in [7, 11) is -6.27. The maximum absolute atomic E-state index is 12.2. The second-order valence-corrected chi connectivity index (χ2v) is 27.4. The first kappa shape index (κ1) is 60.2. The minimum Gasteiger partial charge on any atom is -0.380 e. The van der Waals surface area contributed by atoms with Crippen LogP contribution >= 0.6 is 46.4 Å². The molecule has 4 saturated heterocycles. The largest absolute Gasteiger partial charge is 0.380 e. The fraction of sp³-hybridized carbons (Fsp3) is 0.455. The first-order valence-electron chi connectivity index (χ1n) is 27.5. The van der Waals surface area contributed by atoms with Gasteiger partial charge in [-0.25, -0.2) is 21.6 Å². The number of aromatic amines is 4. The number of fused-ring (bicyclic) bond motifs is 4. The normalized spacial score (nSPS) is 21.0. The number of carbonyl (C=O) groups is 2. The van der Waals surface area contributed by atoms with Crippen LogP contribution in [0.3, 0.4) is 0 Å². The van der Waals surface area contributed by atoms with E-state index in [1.165, 1.54) is 22.4 Å². The minimum atomic E-state index is -3.14. The van der Waals surface area contributed by atoms with Crippen molar-refractivity contribution in [3.05, 3.63) is 99.0 Å². The lowest BCUT2D eigenvalue weighted by Gasteiger charge is -2.40. The maximum atomic E-state index is 12.2. The summed E-state index contributed by atoms with van der Waals surface area (Å²) in [6.07, 6.45) is 15.1. The molecule has 28 heteroatoms. The average Bonchev–Trinajstić information content (AvgIpc) is 3.70. The molecule has 444 valence electrons. The molecule has 2 atom stereocenters. The van der Waals surface area contributed by atoms with Gasteiger partial charge in [0, 0.05) is 130 Å². The molecule has 1 saturated carbocycles. The summed E-state index contributed by atoms with van der Waals surface area (Å²) in [6, 6.07) is 15.4. The molecule has 0 radical (unpaired) electrons. The Morgan fingerprint density at radius 3 is 1.58 bits per heavy atom. The lowest BCUT2D eigenvalue weighted by molar-refractivity contribution is -0.150. The van der Waals surface area contributed by atoms with Crippen LogP contribution in [0.15, 0.2) is 73.3 Å². The van der Waals surface area contributed by atoms with Crippen LogP contribution < -0.4 is 25.2 Å². The highest BCUT2D eigenvalue weighted by Crippen LogP contribution is 2.39. The Balaban J connectivity index is 0.000000124. The predicted molar refractivity (Wildman–Crippen MR) is 328 cm³/mol. The lowest BCUT2D eigenvalue weighted by atomic mass is 9.81. The Bertz CT molecular complexity index is 3840. The molecule has 4 aromatic heterocycles. The highest BCUT2D eigenvalue weighted by molar-refractivity contribution is 7.88. The molecular formula is C55H67Cl4N15O7S2. The Labute approximate surface area is 501 Å². The van der Waals surface area contributed by atoms with Crippen molar-refractivity contribution in [2.75, 3.05) is 99.3 Å². The van der Waals surface area contributed by atoms with Gasteiger partial charge >= 0.3 is 0 Å². The Morgan fingerprint density at radius 2 is 1.08 bits per heavy atom. The molecule has 1 unspecified atom stereocenters. The number of primary amides is 1. The van der Waals surface area contributed by atoms with Crippen molar-refractivity contribution in [1.82, 2.24) is 54.7 Å². The average molecular weight is 1260 g/mol. The topological polar surface area (TPSA) is 281 Å². The lowest BCUT2D eigenvalue weighted by Crippen LogP contribution is -2.53. The van der Waals surface area contributed by atoms with Gasteiger partial charge in [-0.1, -0.05) is 46.4 Å². The van der Waals surface area contributed by atoms with E-state index in [-0.39, 0.29) is 35.7 Å². The molecule has 2 amide bonds. The Kier molecular flexibility index (Phi) is 18.6. The molecule has 4 aliphatic heterocycles. The van der Waals surface area contributed by atoms with Gasteiger partial charge in [-0.05, 0) is 105 Å². The number of halogens is 4. The van der Waals surface area contributed by atoms with Gasteiger partial charge in [0.15, 0.2) is 0 Å². The van der Waals surface area contributed by atoms with Crippen LogP contribution in [-0.2, 0) is 34.4 Å². The fourth-order valence-corrected chi connectivity index (χ4v) is 14.4. The third kappa shape index (κ3) is 14.4. The number of hydrogen-bond acceptors (Lipinski definition) is 14. The molecule has 0 bridgehead atoms. The summed E-state index contributed by atoms with van der Waals surface area (Å²) in [4.78, 5) is 32.2. The third-order valence-electron chi connectivity index (χ3n) is 16.1. The van der Waals surface area contributed by atoms with E-state index in [0.29, 0.717) is 65.4 Å². The first-order chi connectivity index (χ1) is 39.6. The number of nitrogens with one attached hydrogen (secondary N) is 5. The second-order valence-electron chi connectivity index (χ2n) is 21.9. The molecule has 1 aliphatic carbocycles. The summed E-state index contributed by atoms with van der Waals surface area (Å²) in [6.45, 7) is 9.40. The van der Waals surface area contributed by atoms with E-state index >= 15 is 0 Å². The number of H-pyrrole nitrogens is 4. The fourth-order valence-electron chi connectivity index (χ4n) is 11.8. The number of rotatable bonds is 9. The van der Waals surface area contributed by atoms with Gasteiger partial charge in [-0.2, -0.15) is 24.7 Å². The van der Waals surface area contributed by atoms with Crippen molar-refractivity contribution in [2.24, 2.45) is 17.6 Å². The number of benzene rings is 4. The predicted octanol–water partition coefficient (Wildman–Crippen LogP) is 7.91. The minimum absolute atomic E-state index is 0.0512. The molecule has 5 aliphatic rings. The quantitative estimate of drug-likeness (QED) is 0.0801. The highest BCUT2D eigenvalue weighted by atomic mass is 35.5. The zero-order chi connectivity index (χ0) is 58.7. The first-order valence-corrected chi connectivity index (χ1v) is 32.8. The van der Waals surface area contributed by atoms with Gasteiger partial charge in [0.25, 0.3) is 0 Å². The van der Waals surface area contributed by atoms with Gasteiger partial charge in [0.05, 0.1) is 84.4 Å². The third-order valence-corrected chi connectivity index (χ3v) is 19.0. The number of hydrogen-bond donors (Lipinski definition) is 6. The standard InChI is InChI=1S/C15H17ClN4O2.C14H18ClN3O2S.C13H17ClN4O2S.C13H15ClN4O/c16-11-5-13-12(7-17-18-13)14(6-11)19-1-3-20(4-2-19)15(21)10-8-22-9-10;1-21(19,20)18-11-4-2-9(3-5-11)12-6-10(15)7-14-13(12)8-16-17-14;1-9-8-17(21(2,19)20)3-4-18(9)13-6-10(14)5-12-11(13)7-15-16-12;14-9-4-11-10(6-16-17-11)12(5-9)18-3-1-2-8(7-18)13(15)19/h5-7,10H,1-4,8-9H2,(H,17,18);6-9,11,18H,2-5H2,1H3,(H,16,17);5-7,9H,3-4,8H2,1-2H3,(H,15,16);4-6,8H,1-3,7H2,(H2,15,19)(H,16,17)/t;;9-;/m..0./s1. The number of anilines is 3. The summed E-state index contributed by atoms with van der Waals surface area (Å²) in [5, 5.41) is 34.9. The van der Waals surface area contributed by atoms with E-state index in [9.17, 15) is 26.4 Å². The highest BCUT2D eigenvalue weighted by Gasteiger charge is 2.34. The van der Waals surface area contributed by atoms with E-state index in [2.05, 4.69) is 60.2 Å². The van der Waals surface area contributed by atoms with E-state index in [0.717, 1.165) is 132 Å². The zero-order valence-electron chi connectivity index (χ0n) is 46.1. The second kappa shape index (κ2) is 25.7. The monoisotopic (exact) mass is 1250 g/mol. The smallest absolute Gasteiger partial charge is 0.230 e. The van der Waals surface area contributed by atoms with Crippen LogP contribution in [0.1, 0.15) is 56.9 Å². The summed E-state index contributed by atoms with van der Waals surface area (Å²) in [5.74, 6) is 0.384. The zero-order valence-corrected chi connectivity index (χ0v) is 50.8. The van der Waals surface area contributed by atoms with Gasteiger partial charge in [-0.15, -0.1) is 0 Å². The number of sulfonamides is 2. The van der Waals surface area contributed by atoms with Crippen LogP contribution in [-0.4, -0.2) is 175 Å². The Morgan fingerprint density at radius 1 is 0.590 bits per heavy atom. The van der Waals surface area contributed by atoms with Crippen LogP contribution in [0, 0.1) is 11.8 Å². The van der Waals surface area contributed by atoms with Crippen molar-refractivity contribution < 1.29 is 31.2 Å². The maximum Gasteiger partial charge on any atom is 0.230 e. The molecule has 83 heavy (non-hydrogen) atoms. The number of nitrogens with zero attached hydrogens (tertiary/aromatic N) is 9. The van der Waals surface area contributed by atoms with Crippen molar-refractivity contribution >= 4 is 139 Å². The van der Waals surface area contributed by atoms with Crippen molar-refractivity contribution in [1.29, 1.82) is 0 Å². The van der Waals surface area contributed by atoms with Crippen LogP contribution in [0.2, 0.25) is 20.1 Å². The van der Waals surface area contributed by atoms with Crippen LogP contribution in [0.25, 0.3) is 43.6 Å². The van der Waals surface area contributed by atoms with Crippen LogP contribution in [0.4, 0.5) is 17.1 Å². The molecule has 8 heterocycles. The molecule has 7 N–H and O–H groups in total. The van der Waals surface area contributed by atoms with E-state index < -0.39 is 20.0 Å². The number of nitrogens with two attached hydrogens (primary N) is 1. The number of aromatic nitrogens is 8. The number of ether oxygens (including phenoxy) is 1. The van der Waals surface area contributed by atoms with Gasteiger partial charge in [0.2, 0.25) is 31.9 Å². The number of carbonyl (C=O) groups excluding carboxylic acids is 2. The van der Waals surface area contributed by atoms with E-state index in [1.807, 2.05) is 72.7 Å². The molecular weight excluding hydrogens is 1190 g/mol. The molecule has 0 spiro atoms. The molecule has 22 nitrogen and oxygen atoms in total. The van der Waals surface area contributed by atoms with Crippen molar-refractivity contribution in [3.63, 3.8) is 0 Å². The summed E-state index contributed by atoms with van der Waals surface area (Å²) in [5.41, 5.74) is 13.4. The van der Waals surface area contributed by atoms with Gasteiger partial charge in [0.1, 0.15) is 0 Å². The molecule has 8 aromatic rings. The number of amides is 2. The van der Waals surface area contributed by atoms with Gasteiger partial charge in [-0.3, -0.25) is 30.0 Å². The molecule has 13 rings (SSSR count). The number of piperidine rings is 1. The number of piperazine rings is 2. The van der Waals surface area contributed by atoms with Crippen LogP contribution in [0.5, 0.6) is 0 Å². The molecule has 5 fully saturated rings. The van der Waals surface area contributed by atoms with Gasteiger partial charge < -0.3 is 30.1 Å². The molecule has 4 aromatic carbocycles. The summed E-state index contributed by atoms with van der Waals surface area (Å²) < 4.78 is 55.3. The SMILES string of the molecule is CS(=O)(=O)NC1CCC(c2cc(Cl)cc3[nH]ncc23)CC1.C[C@H]1CN(S(C)(=O)=O)CCN1c1cc(Cl)cc2[nH]ncc12.NC(=O)C1CCCN(c2cc(Cl)cc3[nH]ncc23)C1.O=C(C1COC1)N1CCN(c2cc(Cl)cc3[nH]ncc23)CC1. The van der Waals surface area contributed by atoms with Crippen molar-refractivity contribution in [3.8, 4) is 0 Å². The van der Waals surface area contributed by atoms with E-state index in [4.69, 9.17) is 56.9 Å². The Hall–Kier alpha value is -5.96. The van der Waals surface area contributed by atoms with E-state index in [1.54, 1.807) is 12.4 Å².